The molecule has 0 spiro atoms. The van der Waals surface area contributed by atoms with Crippen LogP contribution in [0.15, 0.2) is 0 Å². The summed E-state index contributed by atoms with van der Waals surface area (Å²) in [4.78, 5) is 0. The van der Waals surface area contributed by atoms with Gasteiger partial charge in [0.05, 0.1) is 8.65 Å². The van der Waals surface area contributed by atoms with Crippen molar-refractivity contribution >= 4 is 55.1 Å². The molecular weight excluding hydrogens is 303 g/mol. The first-order chi connectivity index (χ1) is 4.37. The van der Waals surface area contributed by atoms with Gasteiger partial charge in [-0.05, 0) is 13.8 Å². The Morgan fingerprint density at radius 2 is 1.20 bits per heavy atom. The maximum Gasteiger partial charge on any atom is 0.0526 e. The number of rotatable bonds is 3. The van der Waals surface area contributed by atoms with Gasteiger partial charge in [0.25, 0.3) is 0 Å². The van der Waals surface area contributed by atoms with E-state index in [0.29, 0.717) is 11.8 Å². The van der Waals surface area contributed by atoms with Crippen molar-refractivity contribution in [3.63, 3.8) is 0 Å². The zero-order valence-corrected chi connectivity index (χ0v) is 10.6. The first kappa shape index (κ1) is 11.5. The van der Waals surface area contributed by atoms with Crippen LogP contribution in [0, 0.1) is 0 Å². The highest BCUT2D eigenvalue weighted by Gasteiger charge is 2.39. The third-order valence-electron chi connectivity index (χ3n) is 1.59. The number of hydrogen-bond donors (Lipinski definition) is 0. The van der Waals surface area contributed by atoms with Gasteiger partial charge in [0, 0.05) is 11.8 Å². The van der Waals surface area contributed by atoms with E-state index in [1.807, 2.05) is 13.8 Å². The summed E-state index contributed by atoms with van der Waals surface area (Å²) >= 11 is 18.4. The molecule has 0 aliphatic heterocycles. The van der Waals surface area contributed by atoms with Gasteiger partial charge in [-0.2, -0.15) is 0 Å². The molecule has 0 heterocycles. The van der Waals surface area contributed by atoms with Gasteiger partial charge in [-0.1, -0.05) is 31.9 Å². The third kappa shape index (κ3) is 2.54. The molecule has 0 aromatic rings. The smallest absolute Gasteiger partial charge is 0.0526 e. The SMILES string of the molecule is CC(Br)(CCl)C(C)(Br)CCl. The lowest BCUT2D eigenvalue weighted by Crippen LogP contribution is -2.42. The average Bonchev–Trinajstić information content (AvgIpc) is 1.88. The normalized spacial score (nSPS) is 23.4. The molecule has 0 fully saturated rings. The van der Waals surface area contributed by atoms with E-state index in [1.165, 1.54) is 0 Å². The van der Waals surface area contributed by atoms with Crippen molar-refractivity contribution in [2.75, 3.05) is 11.8 Å². The van der Waals surface area contributed by atoms with Gasteiger partial charge in [0.2, 0.25) is 0 Å². The highest BCUT2D eigenvalue weighted by molar-refractivity contribution is 9.13. The van der Waals surface area contributed by atoms with Gasteiger partial charge in [-0.15, -0.1) is 23.2 Å². The number of hydrogen-bond acceptors (Lipinski definition) is 0. The predicted octanol–water partition coefficient (Wildman–Crippen LogP) is 3.77. The molecular formula is C6H10Br2Cl2. The average molecular weight is 313 g/mol. The van der Waals surface area contributed by atoms with E-state index in [9.17, 15) is 0 Å². The molecule has 0 radical (unpaired) electrons. The fourth-order valence-electron chi connectivity index (χ4n) is 0.279. The molecule has 0 saturated carbocycles. The van der Waals surface area contributed by atoms with E-state index in [4.69, 9.17) is 23.2 Å². The minimum atomic E-state index is -0.149. The van der Waals surface area contributed by atoms with E-state index in [2.05, 4.69) is 31.9 Å². The van der Waals surface area contributed by atoms with Crippen LogP contribution in [0.1, 0.15) is 13.8 Å². The van der Waals surface area contributed by atoms with Gasteiger partial charge in [0.15, 0.2) is 0 Å². The van der Waals surface area contributed by atoms with Gasteiger partial charge in [0.1, 0.15) is 0 Å². The summed E-state index contributed by atoms with van der Waals surface area (Å²) in [6.07, 6.45) is 0. The third-order valence-corrected chi connectivity index (χ3v) is 6.15. The molecule has 0 aliphatic carbocycles. The Morgan fingerprint density at radius 3 is 1.30 bits per heavy atom. The molecule has 0 amide bonds. The number of alkyl halides is 4. The van der Waals surface area contributed by atoms with E-state index < -0.39 is 0 Å². The van der Waals surface area contributed by atoms with Crippen LogP contribution in [-0.4, -0.2) is 20.4 Å². The number of halogens is 4. The largest absolute Gasteiger partial charge is 0.125 e. The summed E-state index contributed by atoms with van der Waals surface area (Å²) < 4.78 is -0.299. The molecule has 0 aliphatic rings. The quantitative estimate of drug-likeness (QED) is 0.696. The van der Waals surface area contributed by atoms with E-state index in [1.54, 1.807) is 0 Å². The van der Waals surface area contributed by atoms with Crippen LogP contribution in [0.2, 0.25) is 0 Å². The Morgan fingerprint density at radius 1 is 1.00 bits per heavy atom. The molecule has 0 N–H and O–H groups in total. The molecule has 0 nitrogen and oxygen atoms in total. The topological polar surface area (TPSA) is 0 Å². The highest BCUT2D eigenvalue weighted by Crippen LogP contribution is 2.39. The zero-order chi connectivity index (χ0) is 8.41. The van der Waals surface area contributed by atoms with Crippen molar-refractivity contribution < 1.29 is 0 Å². The second-order valence-electron chi connectivity index (χ2n) is 2.66. The van der Waals surface area contributed by atoms with Crippen molar-refractivity contribution in [2.45, 2.75) is 22.5 Å². The van der Waals surface area contributed by atoms with Gasteiger partial charge >= 0.3 is 0 Å². The Bertz CT molecular complexity index is 98.3. The molecule has 10 heavy (non-hydrogen) atoms. The maximum atomic E-state index is 5.72. The van der Waals surface area contributed by atoms with Crippen LogP contribution in [0.4, 0.5) is 0 Å². The van der Waals surface area contributed by atoms with Crippen molar-refractivity contribution in [3.05, 3.63) is 0 Å². The molecule has 62 valence electrons. The lowest BCUT2D eigenvalue weighted by Gasteiger charge is -2.34. The molecule has 2 unspecified atom stereocenters. The lowest BCUT2D eigenvalue weighted by atomic mass is 10.00. The molecule has 2 atom stereocenters. The van der Waals surface area contributed by atoms with Gasteiger partial charge < -0.3 is 0 Å². The van der Waals surface area contributed by atoms with Gasteiger partial charge in [-0.25, -0.2) is 0 Å². The van der Waals surface area contributed by atoms with Gasteiger partial charge in [-0.3, -0.25) is 0 Å². The van der Waals surface area contributed by atoms with Crippen LogP contribution in [0.5, 0.6) is 0 Å². The van der Waals surface area contributed by atoms with Crippen molar-refractivity contribution in [3.8, 4) is 0 Å². The zero-order valence-electron chi connectivity index (χ0n) is 5.93. The molecule has 0 aromatic heterocycles. The molecule has 4 heteroatoms. The minimum Gasteiger partial charge on any atom is -0.125 e. The van der Waals surface area contributed by atoms with Crippen LogP contribution in [0.25, 0.3) is 0 Å². The Kier molecular flexibility index (Phi) is 4.58. The summed E-state index contributed by atoms with van der Waals surface area (Å²) in [5, 5.41) is 0. The first-order valence-corrected chi connectivity index (χ1v) is 5.52. The Labute approximate surface area is 88.9 Å². The predicted molar refractivity (Wildman–Crippen MR) is 56.1 cm³/mol. The lowest BCUT2D eigenvalue weighted by molar-refractivity contribution is 0.586. The fourth-order valence-corrected chi connectivity index (χ4v) is 1.47. The Hall–Kier alpha value is 1.54. The summed E-state index contributed by atoms with van der Waals surface area (Å²) in [6, 6.07) is 0. The molecule has 0 rings (SSSR count). The second-order valence-corrected chi connectivity index (χ2v) is 6.70. The summed E-state index contributed by atoms with van der Waals surface area (Å²) in [6.45, 7) is 4.02. The monoisotopic (exact) mass is 310 g/mol. The van der Waals surface area contributed by atoms with Crippen LogP contribution in [0.3, 0.4) is 0 Å². The van der Waals surface area contributed by atoms with E-state index >= 15 is 0 Å². The Balaban J connectivity index is 4.28. The van der Waals surface area contributed by atoms with Crippen molar-refractivity contribution in [1.82, 2.24) is 0 Å². The van der Waals surface area contributed by atoms with Crippen molar-refractivity contribution in [1.29, 1.82) is 0 Å². The first-order valence-electron chi connectivity index (χ1n) is 2.87. The van der Waals surface area contributed by atoms with Crippen LogP contribution >= 0.6 is 55.1 Å². The summed E-state index contributed by atoms with van der Waals surface area (Å²) in [7, 11) is 0. The summed E-state index contributed by atoms with van der Waals surface area (Å²) in [5.41, 5.74) is 0. The maximum absolute atomic E-state index is 5.72. The van der Waals surface area contributed by atoms with E-state index in [-0.39, 0.29) is 8.65 Å². The highest BCUT2D eigenvalue weighted by atomic mass is 79.9. The summed E-state index contributed by atoms with van der Waals surface area (Å²) in [5.74, 6) is 1.06. The minimum absolute atomic E-state index is 0.149. The molecule has 0 bridgehead atoms. The van der Waals surface area contributed by atoms with Crippen molar-refractivity contribution in [2.24, 2.45) is 0 Å². The second kappa shape index (κ2) is 3.97. The van der Waals surface area contributed by atoms with Crippen LogP contribution < -0.4 is 0 Å². The standard InChI is InChI=1S/C6H10Br2Cl2/c1-5(7,3-9)6(2,8)4-10/h3-4H2,1-2H3. The van der Waals surface area contributed by atoms with E-state index in [0.717, 1.165) is 0 Å². The van der Waals surface area contributed by atoms with Crippen LogP contribution in [-0.2, 0) is 0 Å². The molecule has 0 saturated heterocycles. The fraction of sp³-hybridized carbons (Fsp3) is 1.00. The molecule has 0 aromatic carbocycles.